The molecule has 0 atom stereocenters. The summed E-state index contributed by atoms with van der Waals surface area (Å²) >= 11 is 0. The van der Waals surface area contributed by atoms with Gasteiger partial charge in [0.05, 0.1) is 16.9 Å². The molecule has 0 spiro atoms. The number of carboxylic acids is 1. The molecule has 4 nitrogen and oxygen atoms in total. The maximum absolute atomic E-state index is 10.9. The van der Waals surface area contributed by atoms with Gasteiger partial charge in [0.2, 0.25) is 0 Å². The highest BCUT2D eigenvalue weighted by Gasteiger charge is 2.34. The third-order valence-electron chi connectivity index (χ3n) is 3.72. The molecule has 18 heavy (non-hydrogen) atoms. The quantitative estimate of drug-likeness (QED) is 0.783. The Morgan fingerprint density at radius 1 is 1.33 bits per heavy atom. The van der Waals surface area contributed by atoms with Crippen LogP contribution >= 0.6 is 0 Å². The lowest BCUT2D eigenvalue weighted by molar-refractivity contribution is 0.0697. The van der Waals surface area contributed by atoms with Crippen LogP contribution in [0.3, 0.4) is 0 Å². The van der Waals surface area contributed by atoms with Gasteiger partial charge in [-0.2, -0.15) is 0 Å². The van der Waals surface area contributed by atoms with Crippen molar-refractivity contribution in [3.8, 4) is 0 Å². The Bertz CT molecular complexity index is 479. The summed E-state index contributed by atoms with van der Waals surface area (Å²) in [6.07, 6.45) is 5.09. The smallest absolute Gasteiger partial charge is 0.335 e. The zero-order valence-electron chi connectivity index (χ0n) is 10.3. The SMILES string of the molecule is Nc1cc(C(=O)O)ccc1N(CC1CC1)C1CC1. The number of carboxylic acid groups (broad SMARTS) is 1. The standard InChI is InChI=1S/C14H18N2O2/c15-12-7-10(14(17)18)3-6-13(12)16(11-4-5-11)8-9-1-2-9/h3,6-7,9,11H,1-2,4-5,8,15H2,(H,17,18). The molecule has 96 valence electrons. The second kappa shape index (κ2) is 4.19. The average Bonchev–Trinajstić information content (AvgIpc) is 3.19. The summed E-state index contributed by atoms with van der Waals surface area (Å²) < 4.78 is 0. The molecule has 1 aromatic rings. The molecule has 2 saturated carbocycles. The van der Waals surface area contributed by atoms with Crippen LogP contribution in [0.25, 0.3) is 0 Å². The fourth-order valence-corrected chi connectivity index (χ4v) is 2.36. The van der Waals surface area contributed by atoms with Crippen molar-refractivity contribution in [2.24, 2.45) is 5.92 Å². The number of hydrogen-bond acceptors (Lipinski definition) is 3. The molecule has 3 N–H and O–H groups in total. The van der Waals surface area contributed by atoms with Crippen LogP contribution in [0.2, 0.25) is 0 Å². The molecule has 0 radical (unpaired) electrons. The van der Waals surface area contributed by atoms with Crippen molar-refractivity contribution in [2.45, 2.75) is 31.7 Å². The van der Waals surface area contributed by atoms with Crippen LogP contribution in [0.4, 0.5) is 11.4 Å². The van der Waals surface area contributed by atoms with Gasteiger partial charge < -0.3 is 15.7 Å². The summed E-state index contributed by atoms with van der Waals surface area (Å²) in [5, 5.41) is 8.95. The second-order valence-electron chi connectivity index (χ2n) is 5.41. The van der Waals surface area contributed by atoms with Crippen molar-refractivity contribution in [2.75, 3.05) is 17.2 Å². The summed E-state index contributed by atoms with van der Waals surface area (Å²) in [5.41, 5.74) is 7.87. The molecule has 0 saturated heterocycles. The summed E-state index contributed by atoms with van der Waals surface area (Å²) in [6, 6.07) is 5.69. The van der Waals surface area contributed by atoms with E-state index in [9.17, 15) is 4.79 Å². The molecular weight excluding hydrogens is 228 g/mol. The minimum Gasteiger partial charge on any atom is -0.478 e. The molecule has 0 aromatic heterocycles. The van der Waals surface area contributed by atoms with E-state index in [1.807, 2.05) is 6.07 Å². The van der Waals surface area contributed by atoms with Gasteiger partial charge in [0.1, 0.15) is 0 Å². The minimum atomic E-state index is -0.923. The molecule has 0 aliphatic heterocycles. The molecule has 0 amide bonds. The molecular formula is C14H18N2O2. The first-order valence-corrected chi connectivity index (χ1v) is 6.54. The summed E-state index contributed by atoms with van der Waals surface area (Å²) in [5.74, 6) is -0.113. The van der Waals surface area contributed by atoms with Crippen molar-refractivity contribution < 1.29 is 9.90 Å². The van der Waals surface area contributed by atoms with Crippen LogP contribution < -0.4 is 10.6 Å². The lowest BCUT2D eigenvalue weighted by Gasteiger charge is -2.26. The van der Waals surface area contributed by atoms with Crippen LogP contribution in [0.15, 0.2) is 18.2 Å². The molecule has 0 bridgehead atoms. The Labute approximate surface area is 106 Å². The number of nitrogens with zero attached hydrogens (tertiary/aromatic N) is 1. The van der Waals surface area contributed by atoms with Crippen LogP contribution in [0, 0.1) is 5.92 Å². The molecule has 1 aromatic carbocycles. The number of anilines is 2. The fourth-order valence-electron chi connectivity index (χ4n) is 2.36. The monoisotopic (exact) mass is 246 g/mol. The predicted molar refractivity (Wildman–Crippen MR) is 70.9 cm³/mol. The number of hydrogen-bond donors (Lipinski definition) is 2. The topological polar surface area (TPSA) is 66.6 Å². The van der Waals surface area contributed by atoms with Gasteiger partial charge in [0.15, 0.2) is 0 Å². The van der Waals surface area contributed by atoms with Crippen molar-refractivity contribution in [1.29, 1.82) is 0 Å². The normalized spacial score (nSPS) is 18.7. The van der Waals surface area contributed by atoms with Crippen LogP contribution in [-0.2, 0) is 0 Å². The maximum atomic E-state index is 10.9. The first kappa shape index (κ1) is 11.4. The number of benzene rings is 1. The Morgan fingerprint density at radius 3 is 2.56 bits per heavy atom. The van der Waals surface area contributed by atoms with E-state index in [1.165, 1.54) is 25.7 Å². The number of carbonyl (C=O) groups is 1. The summed E-state index contributed by atoms with van der Waals surface area (Å²) in [4.78, 5) is 13.3. The number of nitrogen functional groups attached to an aromatic ring is 1. The third-order valence-corrected chi connectivity index (χ3v) is 3.72. The fraction of sp³-hybridized carbons (Fsp3) is 0.500. The molecule has 2 aliphatic carbocycles. The molecule has 0 unspecified atom stereocenters. The minimum absolute atomic E-state index is 0.262. The lowest BCUT2D eigenvalue weighted by atomic mass is 10.1. The van der Waals surface area contributed by atoms with E-state index in [2.05, 4.69) is 4.90 Å². The van der Waals surface area contributed by atoms with Gasteiger partial charge in [-0.15, -0.1) is 0 Å². The Balaban J connectivity index is 1.86. The van der Waals surface area contributed by atoms with E-state index < -0.39 is 5.97 Å². The van der Waals surface area contributed by atoms with E-state index >= 15 is 0 Å². The average molecular weight is 246 g/mol. The maximum Gasteiger partial charge on any atom is 0.335 e. The highest BCUT2D eigenvalue weighted by molar-refractivity contribution is 5.90. The van der Waals surface area contributed by atoms with Gasteiger partial charge >= 0.3 is 5.97 Å². The number of nitrogens with two attached hydrogens (primary N) is 1. The number of rotatable bonds is 5. The molecule has 2 aliphatic rings. The molecule has 2 fully saturated rings. The predicted octanol–water partition coefficient (Wildman–Crippen LogP) is 2.35. The molecule has 4 heteroatoms. The van der Waals surface area contributed by atoms with E-state index in [1.54, 1.807) is 12.1 Å². The Hall–Kier alpha value is -1.71. The van der Waals surface area contributed by atoms with E-state index in [4.69, 9.17) is 10.8 Å². The highest BCUT2D eigenvalue weighted by Crippen LogP contribution is 2.39. The van der Waals surface area contributed by atoms with E-state index in [0.29, 0.717) is 11.7 Å². The van der Waals surface area contributed by atoms with E-state index in [0.717, 1.165) is 18.2 Å². The number of aromatic carboxylic acids is 1. The van der Waals surface area contributed by atoms with Crippen LogP contribution in [-0.4, -0.2) is 23.7 Å². The largest absolute Gasteiger partial charge is 0.478 e. The summed E-state index contributed by atoms with van der Waals surface area (Å²) in [7, 11) is 0. The zero-order chi connectivity index (χ0) is 12.7. The Kier molecular flexibility index (Phi) is 2.65. The van der Waals surface area contributed by atoms with Crippen molar-refractivity contribution in [3.63, 3.8) is 0 Å². The summed E-state index contributed by atoms with van der Waals surface area (Å²) in [6.45, 7) is 1.07. The molecule has 3 rings (SSSR count). The van der Waals surface area contributed by atoms with Crippen LogP contribution in [0.5, 0.6) is 0 Å². The first-order valence-electron chi connectivity index (χ1n) is 6.54. The highest BCUT2D eigenvalue weighted by atomic mass is 16.4. The van der Waals surface area contributed by atoms with Gasteiger partial charge in [0, 0.05) is 12.6 Å². The lowest BCUT2D eigenvalue weighted by Crippen LogP contribution is -2.28. The van der Waals surface area contributed by atoms with Gasteiger partial charge in [-0.25, -0.2) is 4.79 Å². The van der Waals surface area contributed by atoms with E-state index in [-0.39, 0.29) is 5.56 Å². The second-order valence-corrected chi connectivity index (χ2v) is 5.41. The van der Waals surface area contributed by atoms with Crippen LogP contribution in [0.1, 0.15) is 36.0 Å². The third kappa shape index (κ3) is 2.28. The van der Waals surface area contributed by atoms with Crippen molar-refractivity contribution in [1.82, 2.24) is 0 Å². The Morgan fingerprint density at radius 2 is 2.06 bits per heavy atom. The first-order chi connectivity index (χ1) is 8.65. The van der Waals surface area contributed by atoms with Gasteiger partial charge in [-0.05, 0) is 49.8 Å². The van der Waals surface area contributed by atoms with Gasteiger partial charge in [-0.1, -0.05) is 0 Å². The van der Waals surface area contributed by atoms with Crippen molar-refractivity contribution in [3.05, 3.63) is 23.8 Å². The van der Waals surface area contributed by atoms with Gasteiger partial charge in [-0.3, -0.25) is 0 Å². The molecule has 0 heterocycles. The van der Waals surface area contributed by atoms with Crippen molar-refractivity contribution >= 4 is 17.3 Å². The van der Waals surface area contributed by atoms with Gasteiger partial charge in [0.25, 0.3) is 0 Å². The zero-order valence-corrected chi connectivity index (χ0v) is 10.3.